The minimum atomic E-state index is -0.909. The molecule has 1 aromatic heterocycles. The van der Waals surface area contributed by atoms with Gasteiger partial charge in [0.15, 0.2) is 5.82 Å². The molecule has 0 bridgehead atoms. The molecule has 0 radical (unpaired) electrons. The third-order valence-electron chi connectivity index (χ3n) is 9.23. The molecule has 0 saturated carbocycles. The average molecular weight is 592 g/mol. The maximum Gasteiger partial charge on any atom is 0.407 e. The third kappa shape index (κ3) is 6.41. The van der Waals surface area contributed by atoms with Crippen LogP contribution in [0.2, 0.25) is 0 Å². The van der Waals surface area contributed by atoms with Gasteiger partial charge in [-0.2, -0.15) is 0 Å². The van der Waals surface area contributed by atoms with Crippen LogP contribution in [-0.2, 0) is 4.79 Å². The minimum Gasteiger partial charge on any atom is -0.465 e. The van der Waals surface area contributed by atoms with Gasteiger partial charge in [-0.1, -0.05) is 26.8 Å². The summed E-state index contributed by atoms with van der Waals surface area (Å²) in [6.07, 6.45) is 2.18. The van der Waals surface area contributed by atoms with Gasteiger partial charge in [-0.25, -0.2) is 9.78 Å². The van der Waals surface area contributed by atoms with Crippen LogP contribution in [0.4, 0.5) is 27.8 Å². The number of hydrogen-bond acceptors (Lipinski definition) is 7. The van der Waals surface area contributed by atoms with E-state index in [4.69, 9.17) is 4.98 Å². The van der Waals surface area contributed by atoms with Crippen LogP contribution in [0.3, 0.4) is 0 Å². The molecule has 0 aliphatic carbocycles. The van der Waals surface area contributed by atoms with Gasteiger partial charge in [-0.05, 0) is 88.5 Å². The highest BCUT2D eigenvalue weighted by molar-refractivity contribution is 6.04. The van der Waals surface area contributed by atoms with Crippen molar-refractivity contribution in [2.45, 2.75) is 77.5 Å². The Labute approximate surface area is 254 Å². The first-order chi connectivity index (χ1) is 20.3. The zero-order chi connectivity index (χ0) is 31.1. The summed E-state index contributed by atoms with van der Waals surface area (Å²) < 4.78 is 0. The second-order valence-corrected chi connectivity index (χ2v) is 13.3. The van der Waals surface area contributed by atoms with Gasteiger partial charge in [-0.15, -0.1) is 0 Å². The fourth-order valence-electron chi connectivity index (χ4n) is 6.71. The topological polar surface area (TPSA) is 121 Å². The number of carbonyl (C=O) groups is 3. The van der Waals surface area contributed by atoms with Crippen LogP contribution in [0.1, 0.15) is 63.7 Å². The number of likely N-dealkylation sites (N-methyl/N-ethyl adjacent to an activating group) is 1. The van der Waals surface area contributed by atoms with E-state index in [0.29, 0.717) is 42.3 Å². The molecule has 2 saturated heterocycles. The predicted molar refractivity (Wildman–Crippen MR) is 168 cm³/mol. The standard InChI is InChI=1S/C32H45N7O4/c1-20-30(41)37(6)25-10-11-27(33-23-9-7-8-21(18-23)29(40)34-22-12-15-36(5)16-13-22)35-28(25)39(20)24-14-17-38(31(42)43)26(19-24)32(2,3)4/h7-11,18,20,22,24,26H,12-17,19H2,1-6H3,(H,33,35)(H,34,40)(H,42,43)/t20-,24?,26?/m1/s1. The molecular weight excluding hydrogens is 546 g/mol. The first kappa shape index (κ1) is 30.6. The van der Waals surface area contributed by atoms with Gasteiger partial charge < -0.3 is 35.3 Å². The summed E-state index contributed by atoms with van der Waals surface area (Å²) in [5, 5.41) is 16.4. The molecule has 3 amide bonds. The Morgan fingerprint density at radius 1 is 1.02 bits per heavy atom. The molecule has 3 atom stereocenters. The van der Waals surface area contributed by atoms with E-state index in [1.54, 1.807) is 16.8 Å². The molecular formula is C32H45N7O4. The summed E-state index contributed by atoms with van der Waals surface area (Å²) in [5.41, 5.74) is 1.78. The molecule has 11 nitrogen and oxygen atoms in total. The number of nitrogens with zero attached hydrogens (tertiary/aromatic N) is 5. The van der Waals surface area contributed by atoms with Gasteiger partial charge in [-0.3, -0.25) is 9.59 Å². The fraction of sp³-hybridized carbons (Fsp3) is 0.562. The van der Waals surface area contributed by atoms with Gasteiger partial charge in [0, 0.05) is 43.0 Å². The number of benzene rings is 1. The zero-order valence-corrected chi connectivity index (χ0v) is 26.1. The molecule has 3 aliphatic heterocycles. The number of anilines is 4. The summed E-state index contributed by atoms with van der Waals surface area (Å²) in [5.74, 6) is 1.18. The lowest BCUT2D eigenvalue weighted by Gasteiger charge is -2.50. The van der Waals surface area contributed by atoms with Crippen molar-refractivity contribution >= 4 is 40.9 Å². The van der Waals surface area contributed by atoms with E-state index in [-0.39, 0.29) is 35.4 Å². The Balaban J connectivity index is 1.39. The maximum atomic E-state index is 13.3. The minimum absolute atomic E-state index is 0.0219. The van der Waals surface area contributed by atoms with E-state index in [1.807, 2.05) is 43.3 Å². The van der Waals surface area contributed by atoms with Crippen molar-refractivity contribution in [3.63, 3.8) is 0 Å². The largest absolute Gasteiger partial charge is 0.465 e. The summed E-state index contributed by atoms with van der Waals surface area (Å²) in [6.45, 7) is 10.4. The zero-order valence-electron chi connectivity index (χ0n) is 26.1. The van der Waals surface area contributed by atoms with E-state index >= 15 is 0 Å². The smallest absolute Gasteiger partial charge is 0.407 e. The normalized spacial score (nSPS) is 23.6. The maximum absolute atomic E-state index is 13.3. The molecule has 1 aromatic carbocycles. The van der Waals surface area contributed by atoms with Crippen LogP contribution in [0.15, 0.2) is 36.4 Å². The number of carboxylic acid groups (broad SMARTS) is 1. The Morgan fingerprint density at radius 2 is 1.74 bits per heavy atom. The number of hydrogen-bond donors (Lipinski definition) is 3. The highest BCUT2D eigenvalue weighted by Gasteiger charge is 2.45. The Hall–Kier alpha value is -3.86. The number of fused-ring (bicyclic) bond motifs is 1. The second-order valence-electron chi connectivity index (χ2n) is 13.3. The lowest BCUT2D eigenvalue weighted by atomic mass is 9.78. The van der Waals surface area contributed by atoms with Crippen molar-refractivity contribution in [3.8, 4) is 0 Å². The Kier molecular flexibility index (Phi) is 8.56. The van der Waals surface area contributed by atoms with Crippen molar-refractivity contribution in [1.82, 2.24) is 20.1 Å². The molecule has 11 heteroatoms. The number of aromatic nitrogens is 1. The summed E-state index contributed by atoms with van der Waals surface area (Å²) >= 11 is 0. The van der Waals surface area contributed by atoms with Crippen LogP contribution < -0.4 is 20.4 Å². The van der Waals surface area contributed by atoms with Gasteiger partial charge in [0.25, 0.3) is 5.91 Å². The Bertz CT molecular complexity index is 1370. The van der Waals surface area contributed by atoms with Crippen molar-refractivity contribution < 1.29 is 19.5 Å². The molecule has 5 rings (SSSR count). The van der Waals surface area contributed by atoms with Gasteiger partial charge in [0.1, 0.15) is 11.9 Å². The number of carbonyl (C=O) groups excluding carboxylic acids is 2. The highest BCUT2D eigenvalue weighted by atomic mass is 16.4. The van der Waals surface area contributed by atoms with Crippen molar-refractivity contribution in [3.05, 3.63) is 42.0 Å². The van der Waals surface area contributed by atoms with Crippen LogP contribution >= 0.6 is 0 Å². The molecule has 3 N–H and O–H groups in total. The fourth-order valence-corrected chi connectivity index (χ4v) is 6.71. The number of rotatable bonds is 5. The number of amides is 3. The predicted octanol–water partition coefficient (Wildman–Crippen LogP) is 4.38. The first-order valence-corrected chi connectivity index (χ1v) is 15.3. The van der Waals surface area contributed by atoms with Crippen LogP contribution in [0.25, 0.3) is 0 Å². The van der Waals surface area contributed by atoms with Crippen LogP contribution in [0.5, 0.6) is 0 Å². The van der Waals surface area contributed by atoms with Gasteiger partial charge in [0.2, 0.25) is 5.91 Å². The first-order valence-electron chi connectivity index (χ1n) is 15.3. The molecule has 2 aromatic rings. The van der Waals surface area contributed by atoms with Gasteiger partial charge in [0.05, 0.1) is 5.69 Å². The molecule has 0 spiro atoms. The quantitative estimate of drug-likeness (QED) is 0.469. The van der Waals surface area contributed by atoms with Crippen molar-refractivity contribution in [2.24, 2.45) is 5.41 Å². The number of piperidine rings is 2. The van der Waals surface area contributed by atoms with E-state index in [1.165, 1.54) is 0 Å². The molecule has 4 heterocycles. The van der Waals surface area contributed by atoms with Crippen LogP contribution in [0, 0.1) is 5.41 Å². The third-order valence-corrected chi connectivity index (χ3v) is 9.23. The van der Waals surface area contributed by atoms with E-state index in [9.17, 15) is 19.5 Å². The second kappa shape index (κ2) is 12.0. The average Bonchev–Trinajstić information content (AvgIpc) is 2.97. The summed E-state index contributed by atoms with van der Waals surface area (Å²) in [7, 11) is 3.86. The molecule has 2 unspecified atom stereocenters. The van der Waals surface area contributed by atoms with Crippen molar-refractivity contribution in [2.75, 3.05) is 48.8 Å². The lowest BCUT2D eigenvalue weighted by molar-refractivity contribution is -0.119. The van der Waals surface area contributed by atoms with Crippen molar-refractivity contribution in [1.29, 1.82) is 0 Å². The number of nitrogens with one attached hydrogen (secondary N) is 2. The SMILES string of the molecule is C[C@@H]1C(=O)N(C)c2ccc(Nc3cccc(C(=O)NC4CCN(C)CC4)c3)nc2N1C1CCN(C(=O)O)C(C(C)(C)C)C1. The van der Waals surface area contributed by atoms with Gasteiger partial charge >= 0.3 is 6.09 Å². The number of likely N-dealkylation sites (tertiary alicyclic amines) is 2. The summed E-state index contributed by atoms with van der Waals surface area (Å²) in [4.78, 5) is 51.0. The van der Waals surface area contributed by atoms with Crippen LogP contribution in [-0.4, -0.2) is 95.7 Å². The molecule has 3 aliphatic rings. The van der Waals surface area contributed by atoms with E-state index in [0.717, 1.165) is 31.6 Å². The molecule has 2 fully saturated rings. The summed E-state index contributed by atoms with van der Waals surface area (Å²) in [6, 6.07) is 10.6. The molecule has 43 heavy (non-hydrogen) atoms. The Morgan fingerprint density at radius 3 is 2.42 bits per heavy atom. The number of pyridine rings is 1. The molecule has 232 valence electrons. The lowest BCUT2D eigenvalue weighted by Crippen LogP contribution is -2.61. The van der Waals surface area contributed by atoms with E-state index < -0.39 is 12.1 Å². The highest BCUT2D eigenvalue weighted by Crippen LogP contribution is 2.41. The van der Waals surface area contributed by atoms with E-state index in [2.05, 4.69) is 48.3 Å². The monoisotopic (exact) mass is 591 g/mol.